The summed E-state index contributed by atoms with van der Waals surface area (Å²) in [6, 6.07) is 1.88. The second kappa shape index (κ2) is 5.47. The fourth-order valence-electron chi connectivity index (χ4n) is 1.40. The Labute approximate surface area is 90.6 Å². The fourth-order valence-corrected chi connectivity index (χ4v) is 1.40. The second-order valence-electron chi connectivity index (χ2n) is 3.51. The molecule has 1 rings (SSSR count). The molecule has 1 aromatic heterocycles. The molecule has 0 aromatic carbocycles. The van der Waals surface area contributed by atoms with Gasteiger partial charge in [-0.2, -0.15) is 10.2 Å². The molecule has 1 unspecified atom stereocenters. The molecule has 0 aliphatic heterocycles. The lowest BCUT2D eigenvalue weighted by Gasteiger charge is -2.11. The number of aryl methyl sites for hydroxylation is 2. The first-order chi connectivity index (χ1) is 7.15. The summed E-state index contributed by atoms with van der Waals surface area (Å²) < 4.78 is 0. The smallest absolute Gasteiger partial charge is 0.0818 e. The molecule has 0 amide bonds. The van der Waals surface area contributed by atoms with Crippen LogP contribution in [-0.4, -0.2) is 15.3 Å². The maximum Gasteiger partial charge on any atom is 0.0818 e. The highest BCUT2D eigenvalue weighted by Crippen LogP contribution is 2.20. The van der Waals surface area contributed by atoms with Crippen LogP contribution in [0.3, 0.4) is 0 Å². The molecule has 0 saturated heterocycles. The van der Waals surface area contributed by atoms with Crippen LogP contribution >= 0.6 is 0 Å². The van der Waals surface area contributed by atoms with E-state index in [4.69, 9.17) is 0 Å². The first kappa shape index (κ1) is 11.7. The van der Waals surface area contributed by atoms with Crippen molar-refractivity contribution in [1.82, 2.24) is 10.2 Å². The van der Waals surface area contributed by atoms with E-state index in [9.17, 15) is 5.11 Å². The van der Waals surface area contributed by atoms with Crippen LogP contribution in [0.5, 0.6) is 0 Å². The zero-order valence-electron chi connectivity index (χ0n) is 9.41. The second-order valence-corrected chi connectivity index (χ2v) is 3.51. The van der Waals surface area contributed by atoms with Crippen molar-refractivity contribution in [2.75, 3.05) is 0 Å². The summed E-state index contributed by atoms with van der Waals surface area (Å²) in [7, 11) is 0. The Balaban J connectivity index is 2.74. The Bertz CT molecular complexity index is 390. The summed E-state index contributed by atoms with van der Waals surface area (Å²) in [6.45, 7) is 5.53. The van der Waals surface area contributed by atoms with Crippen LogP contribution < -0.4 is 0 Å². The molecule has 1 aromatic rings. The highest BCUT2D eigenvalue weighted by molar-refractivity contribution is 5.22. The molecule has 0 aliphatic carbocycles. The number of hydrogen-bond donors (Lipinski definition) is 1. The number of hydrogen-bond acceptors (Lipinski definition) is 3. The molecule has 0 saturated carbocycles. The van der Waals surface area contributed by atoms with Crippen molar-refractivity contribution in [3.8, 4) is 11.8 Å². The van der Waals surface area contributed by atoms with Crippen LogP contribution in [0.15, 0.2) is 6.07 Å². The van der Waals surface area contributed by atoms with Crippen molar-refractivity contribution in [3.63, 3.8) is 0 Å². The molecule has 0 spiro atoms. The maximum atomic E-state index is 9.92. The summed E-state index contributed by atoms with van der Waals surface area (Å²) >= 11 is 0. The largest absolute Gasteiger partial charge is 0.388 e. The Morgan fingerprint density at radius 3 is 2.80 bits per heavy atom. The van der Waals surface area contributed by atoms with Crippen LogP contribution in [0.25, 0.3) is 0 Å². The van der Waals surface area contributed by atoms with E-state index < -0.39 is 6.10 Å². The van der Waals surface area contributed by atoms with E-state index in [2.05, 4.69) is 22.0 Å². The highest BCUT2D eigenvalue weighted by atomic mass is 16.3. The van der Waals surface area contributed by atoms with Crippen molar-refractivity contribution in [1.29, 1.82) is 0 Å². The first-order valence-corrected chi connectivity index (χ1v) is 5.03. The Hall–Kier alpha value is -1.40. The van der Waals surface area contributed by atoms with E-state index in [1.807, 2.05) is 19.9 Å². The van der Waals surface area contributed by atoms with E-state index in [1.165, 1.54) is 0 Å². The average molecular weight is 204 g/mol. The Morgan fingerprint density at radius 1 is 1.40 bits per heavy atom. The minimum Gasteiger partial charge on any atom is -0.388 e. The number of rotatable bonds is 3. The molecule has 80 valence electrons. The van der Waals surface area contributed by atoms with Gasteiger partial charge in [0.2, 0.25) is 0 Å². The van der Waals surface area contributed by atoms with Crippen molar-refractivity contribution in [2.45, 2.75) is 39.7 Å². The van der Waals surface area contributed by atoms with Crippen molar-refractivity contribution < 1.29 is 5.11 Å². The topological polar surface area (TPSA) is 46.0 Å². The van der Waals surface area contributed by atoms with Gasteiger partial charge in [0.1, 0.15) is 0 Å². The zero-order chi connectivity index (χ0) is 11.3. The lowest BCUT2D eigenvalue weighted by atomic mass is 10.0. The number of aliphatic hydroxyl groups is 1. The van der Waals surface area contributed by atoms with Gasteiger partial charge in [0.25, 0.3) is 0 Å². The third-order valence-corrected chi connectivity index (χ3v) is 2.22. The average Bonchev–Trinajstić information content (AvgIpc) is 2.22. The van der Waals surface area contributed by atoms with Gasteiger partial charge in [0.05, 0.1) is 17.5 Å². The molecule has 0 bridgehead atoms. The van der Waals surface area contributed by atoms with Gasteiger partial charge < -0.3 is 5.11 Å². The van der Waals surface area contributed by atoms with Gasteiger partial charge in [-0.3, -0.25) is 0 Å². The predicted molar refractivity (Wildman–Crippen MR) is 59.1 cm³/mol. The monoisotopic (exact) mass is 204 g/mol. The van der Waals surface area contributed by atoms with Crippen LogP contribution in [-0.2, 0) is 0 Å². The third-order valence-electron chi connectivity index (χ3n) is 2.22. The standard InChI is InChI=1S/C12H16N2O/c1-4-5-6-7-12(15)11-8-9(2)13-14-10(11)3/h8,12,15H,6-7H2,1-3H3. The zero-order valence-corrected chi connectivity index (χ0v) is 9.41. The molecule has 1 N–H and O–H groups in total. The molecule has 0 aliphatic rings. The van der Waals surface area contributed by atoms with Crippen LogP contribution in [0, 0.1) is 25.7 Å². The van der Waals surface area contributed by atoms with Gasteiger partial charge in [-0.05, 0) is 33.3 Å². The predicted octanol–water partition coefficient (Wildman–Crippen LogP) is 1.93. The van der Waals surface area contributed by atoms with Gasteiger partial charge in [0, 0.05) is 12.0 Å². The van der Waals surface area contributed by atoms with Gasteiger partial charge in [-0.25, -0.2) is 0 Å². The Kier molecular flexibility index (Phi) is 4.26. The van der Waals surface area contributed by atoms with Crippen molar-refractivity contribution in [3.05, 3.63) is 23.0 Å². The number of aromatic nitrogens is 2. The quantitative estimate of drug-likeness (QED) is 0.765. The first-order valence-electron chi connectivity index (χ1n) is 5.03. The summed E-state index contributed by atoms with van der Waals surface area (Å²) in [6.07, 6.45) is 0.866. The summed E-state index contributed by atoms with van der Waals surface area (Å²) in [4.78, 5) is 0. The van der Waals surface area contributed by atoms with Crippen molar-refractivity contribution in [2.24, 2.45) is 0 Å². The van der Waals surface area contributed by atoms with Crippen molar-refractivity contribution >= 4 is 0 Å². The molecule has 3 nitrogen and oxygen atoms in total. The van der Waals surface area contributed by atoms with Crippen LogP contribution in [0.1, 0.15) is 42.8 Å². The van der Waals surface area contributed by atoms with E-state index in [0.29, 0.717) is 12.8 Å². The summed E-state index contributed by atoms with van der Waals surface area (Å²) in [5.41, 5.74) is 2.48. The van der Waals surface area contributed by atoms with Gasteiger partial charge >= 0.3 is 0 Å². The van der Waals surface area contributed by atoms with Gasteiger partial charge in [0.15, 0.2) is 0 Å². The van der Waals surface area contributed by atoms with E-state index >= 15 is 0 Å². The van der Waals surface area contributed by atoms with E-state index in [1.54, 1.807) is 6.92 Å². The summed E-state index contributed by atoms with van der Waals surface area (Å²) in [5.74, 6) is 5.75. The maximum absolute atomic E-state index is 9.92. The molecule has 0 radical (unpaired) electrons. The van der Waals surface area contributed by atoms with Gasteiger partial charge in [-0.1, -0.05) is 0 Å². The van der Waals surface area contributed by atoms with Crippen LogP contribution in [0.2, 0.25) is 0 Å². The molecule has 15 heavy (non-hydrogen) atoms. The van der Waals surface area contributed by atoms with Crippen LogP contribution in [0.4, 0.5) is 0 Å². The fraction of sp³-hybridized carbons (Fsp3) is 0.500. The molecule has 0 fully saturated rings. The molecule has 3 heteroatoms. The Morgan fingerprint density at radius 2 is 2.13 bits per heavy atom. The van der Waals surface area contributed by atoms with E-state index in [0.717, 1.165) is 17.0 Å². The molecule has 1 atom stereocenters. The number of nitrogens with zero attached hydrogens (tertiary/aromatic N) is 2. The summed E-state index contributed by atoms with van der Waals surface area (Å²) in [5, 5.41) is 17.8. The number of aliphatic hydroxyl groups excluding tert-OH is 1. The third kappa shape index (κ3) is 3.34. The normalized spacial score (nSPS) is 11.7. The highest BCUT2D eigenvalue weighted by Gasteiger charge is 2.11. The lowest BCUT2D eigenvalue weighted by molar-refractivity contribution is 0.168. The molecule has 1 heterocycles. The van der Waals surface area contributed by atoms with Gasteiger partial charge in [-0.15, -0.1) is 11.8 Å². The lowest BCUT2D eigenvalue weighted by Crippen LogP contribution is -2.04. The SMILES string of the molecule is CC#CCCC(O)c1cc(C)nnc1C. The minimum atomic E-state index is -0.486. The minimum absolute atomic E-state index is 0.486. The molecular weight excluding hydrogens is 188 g/mol. The van der Waals surface area contributed by atoms with E-state index in [-0.39, 0.29) is 0 Å². The molecular formula is C12H16N2O.